The summed E-state index contributed by atoms with van der Waals surface area (Å²) < 4.78 is 0. The Morgan fingerprint density at radius 1 is 1.47 bits per heavy atom. The molecule has 0 radical (unpaired) electrons. The molecule has 2 rings (SSSR count). The molecule has 0 bridgehead atoms. The molecule has 1 unspecified atom stereocenters. The number of phenolic OH excluding ortho intramolecular Hbond substituents is 1. The zero-order chi connectivity index (χ0) is 10.8. The van der Waals surface area contributed by atoms with E-state index >= 15 is 0 Å². The number of hydrogen-bond acceptors (Lipinski definition) is 2. The Labute approximate surface area is 95.3 Å². The van der Waals surface area contributed by atoms with Crippen molar-refractivity contribution in [3.63, 3.8) is 0 Å². The maximum Gasteiger partial charge on any atom is 0.120 e. The molecule has 3 heteroatoms. The summed E-state index contributed by atoms with van der Waals surface area (Å²) in [5.74, 6) is 0.686. The van der Waals surface area contributed by atoms with Crippen molar-refractivity contribution in [3.05, 3.63) is 28.3 Å². The first-order valence-electron chi connectivity index (χ1n) is 5.39. The summed E-state index contributed by atoms with van der Waals surface area (Å²) in [4.78, 5) is 0. The van der Waals surface area contributed by atoms with Crippen LogP contribution in [0.1, 0.15) is 29.9 Å². The molecule has 1 atom stereocenters. The average Bonchev–Trinajstić information content (AvgIpc) is 2.26. The summed E-state index contributed by atoms with van der Waals surface area (Å²) in [6.45, 7) is 3.96. The van der Waals surface area contributed by atoms with E-state index in [0.29, 0.717) is 11.7 Å². The number of hydrogen-bond donors (Lipinski definition) is 2. The van der Waals surface area contributed by atoms with Crippen LogP contribution in [0.15, 0.2) is 12.1 Å². The van der Waals surface area contributed by atoms with Crippen molar-refractivity contribution in [2.45, 2.75) is 25.7 Å². The van der Waals surface area contributed by atoms with Crippen LogP contribution in [0.5, 0.6) is 5.75 Å². The fourth-order valence-electron chi connectivity index (χ4n) is 2.18. The highest BCUT2D eigenvalue weighted by Crippen LogP contribution is 2.37. The van der Waals surface area contributed by atoms with Crippen molar-refractivity contribution < 1.29 is 5.11 Å². The van der Waals surface area contributed by atoms with Crippen LogP contribution in [0.25, 0.3) is 0 Å². The molecule has 1 heterocycles. The predicted octanol–water partition coefficient (Wildman–Crippen LogP) is 2.82. The molecule has 2 nitrogen and oxygen atoms in total. The van der Waals surface area contributed by atoms with E-state index in [1.165, 1.54) is 0 Å². The molecule has 1 aliphatic heterocycles. The maximum absolute atomic E-state index is 9.86. The normalized spacial score (nSPS) is 21.6. The third-order valence-corrected chi connectivity index (χ3v) is 3.56. The van der Waals surface area contributed by atoms with Gasteiger partial charge in [-0.2, -0.15) is 0 Å². The summed E-state index contributed by atoms with van der Waals surface area (Å²) in [6.07, 6.45) is 2.25. The Morgan fingerprint density at radius 3 is 2.93 bits per heavy atom. The zero-order valence-electron chi connectivity index (χ0n) is 8.89. The van der Waals surface area contributed by atoms with Gasteiger partial charge in [0.25, 0.3) is 0 Å². The standard InChI is InChI=1S/C12H16ClNO/c1-8-4-5-10(15)11(12(8)13)9-3-2-6-14-7-9/h4-5,9,14-15H,2-3,6-7H2,1H3. The second-order valence-corrected chi connectivity index (χ2v) is 4.55. The number of piperidine rings is 1. The van der Waals surface area contributed by atoms with E-state index in [4.69, 9.17) is 11.6 Å². The predicted molar refractivity (Wildman–Crippen MR) is 62.7 cm³/mol. The van der Waals surface area contributed by atoms with Crippen LogP contribution >= 0.6 is 11.6 Å². The van der Waals surface area contributed by atoms with Crippen LogP contribution < -0.4 is 5.32 Å². The van der Waals surface area contributed by atoms with Gasteiger partial charge in [-0.3, -0.25) is 0 Å². The number of halogens is 1. The van der Waals surface area contributed by atoms with Crippen LogP contribution in [-0.4, -0.2) is 18.2 Å². The van der Waals surface area contributed by atoms with Gasteiger partial charge in [-0.25, -0.2) is 0 Å². The number of phenols is 1. The minimum absolute atomic E-state index is 0.333. The molecule has 1 aromatic carbocycles. The molecule has 2 N–H and O–H groups in total. The third kappa shape index (κ3) is 2.11. The van der Waals surface area contributed by atoms with Crippen molar-refractivity contribution in [2.24, 2.45) is 0 Å². The number of benzene rings is 1. The smallest absolute Gasteiger partial charge is 0.120 e. The lowest BCUT2D eigenvalue weighted by Crippen LogP contribution is -2.28. The SMILES string of the molecule is Cc1ccc(O)c(C2CCCNC2)c1Cl. The fraction of sp³-hybridized carbons (Fsp3) is 0.500. The number of aromatic hydroxyl groups is 1. The van der Waals surface area contributed by atoms with E-state index in [-0.39, 0.29) is 0 Å². The van der Waals surface area contributed by atoms with E-state index in [0.717, 1.165) is 42.1 Å². The van der Waals surface area contributed by atoms with Crippen molar-refractivity contribution in [3.8, 4) is 5.75 Å². The third-order valence-electron chi connectivity index (χ3n) is 3.05. The Balaban J connectivity index is 2.36. The highest BCUT2D eigenvalue weighted by Gasteiger charge is 2.21. The largest absolute Gasteiger partial charge is 0.508 e. The van der Waals surface area contributed by atoms with Crippen LogP contribution in [0.4, 0.5) is 0 Å². The summed E-state index contributed by atoms with van der Waals surface area (Å²) in [5.41, 5.74) is 1.96. The highest BCUT2D eigenvalue weighted by atomic mass is 35.5. The van der Waals surface area contributed by atoms with Gasteiger partial charge in [-0.05, 0) is 37.9 Å². The number of nitrogens with one attached hydrogen (secondary N) is 1. The van der Waals surface area contributed by atoms with E-state index in [9.17, 15) is 5.11 Å². The zero-order valence-corrected chi connectivity index (χ0v) is 9.64. The van der Waals surface area contributed by atoms with Crippen molar-refractivity contribution in [1.82, 2.24) is 5.32 Å². The second kappa shape index (κ2) is 4.42. The van der Waals surface area contributed by atoms with Gasteiger partial charge in [0.15, 0.2) is 0 Å². The minimum Gasteiger partial charge on any atom is -0.508 e. The molecular weight excluding hydrogens is 210 g/mol. The lowest BCUT2D eigenvalue weighted by atomic mass is 9.90. The van der Waals surface area contributed by atoms with Gasteiger partial charge >= 0.3 is 0 Å². The maximum atomic E-state index is 9.86. The second-order valence-electron chi connectivity index (χ2n) is 4.17. The Bertz CT molecular complexity index is 359. The molecule has 1 aliphatic rings. The van der Waals surface area contributed by atoms with Crippen LogP contribution in [0.2, 0.25) is 5.02 Å². The monoisotopic (exact) mass is 225 g/mol. The Morgan fingerprint density at radius 2 is 2.27 bits per heavy atom. The molecule has 0 spiro atoms. The van der Waals surface area contributed by atoms with Gasteiger partial charge in [-0.1, -0.05) is 17.7 Å². The van der Waals surface area contributed by atoms with Gasteiger partial charge in [0.1, 0.15) is 5.75 Å². The highest BCUT2D eigenvalue weighted by molar-refractivity contribution is 6.32. The molecule has 0 aromatic heterocycles. The molecule has 0 amide bonds. The van der Waals surface area contributed by atoms with Crippen molar-refractivity contribution >= 4 is 11.6 Å². The lowest BCUT2D eigenvalue weighted by Gasteiger charge is -2.25. The van der Waals surface area contributed by atoms with Crippen LogP contribution in [-0.2, 0) is 0 Å². The summed E-state index contributed by atoms with van der Waals surface area (Å²) in [5, 5.41) is 13.9. The van der Waals surface area contributed by atoms with Crippen molar-refractivity contribution in [2.75, 3.05) is 13.1 Å². The van der Waals surface area contributed by atoms with Crippen LogP contribution in [0, 0.1) is 6.92 Å². The molecule has 82 valence electrons. The van der Waals surface area contributed by atoms with Gasteiger partial charge in [0.05, 0.1) is 5.02 Å². The van der Waals surface area contributed by atoms with E-state index in [1.54, 1.807) is 6.07 Å². The van der Waals surface area contributed by atoms with Crippen LogP contribution in [0.3, 0.4) is 0 Å². The van der Waals surface area contributed by atoms with Gasteiger partial charge in [0.2, 0.25) is 0 Å². The average molecular weight is 226 g/mol. The number of aryl methyl sites for hydroxylation is 1. The van der Waals surface area contributed by atoms with Crippen molar-refractivity contribution in [1.29, 1.82) is 0 Å². The summed E-state index contributed by atoms with van der Waals surface area (Å²) in [7, 11) is 0. The molecule has 0 aliphatic carbocycles. The molecule has 1 aromatic rings. The Kier molecular flexibility index (Phi) is 3.17. The van der Waals surface area contributed by atoms with E-state index in [1.807, 2.05) is 13.0 Å². The van der Waals surface area contributed by atoms with Gasteiger partial charge in [0, 0.05) is 18.0 Å². The molecule has 1 fully saturated rings. The fourth-order valence-corrected chi connectivity index (χ4v) is 2.49. The summed E-state index contributed by atoms with van der Waals surface area (Å²) in [6, 6.07) is 3.60. The molecular formula is C12H16ClNO. The quantitative estimate of drug-likeness (QED) is 0.771. The van der Waals surface area contributed by atoms with Gasteiger partial charge < -0.3 is 10.4 Å². The molecule has 0 saturated carbocycles. The first kappa shape index (κ1) is 10.8. The van der Waals surface area contributed by atoms with E-state index < -0.39 is 0 Å². The minimum atomic E-state index is 0.333. The molecule has 1 saturated heterocycles. The van der Waals surface area contributed by atoms with Gasteiger partial charge in [-0.15, -0.1) is 0 Å². The lowest BCUT2D eigenvalue weighted by molar-refractivity contribution is 0.425. The summed E-state index contributed by atoms with van der Waals surface area (Å²) >= 11 is 6.24. The first-order chi connectivity index (χ1) is 7.20. The molecule has 15 heavy (non-hydrogen) atoms. The Hall–Kier alpha value is -0.730. The topological polar surface area (TPSA) is 32.3 Å². The first-order valence-corrected chi connectivity index (χ1v) is 5.76. The van der Waals surface area contributed by atoms with E-state index in [2.05, 4.69) is 5.32 Å². The number of rotatable bonds is 1.